The molecule has 0 aliphatic carbocycles. The largest absolute Gasteiger partial charge is 0.354 e. The second-order valence-electron chi connectivity index (χ2n) is 5.72. The van der Waals surface area contributed by atoms with Gasteiger partial charge in [0.1, 0.15) is 6.04 Å². The summed E-state index contributed by atoms with van der Waals surface area (Å²) in [5.41, 5.74) is 6.82. The van der Waals surface area contributed by atoms with Crippen molar-refractivity contribution in [2.24, 2.45) is 5.73 Å². The van der Waals surface area contributed by atoms with Gasteiger partial charge in [0.05, 0.1) is 12.4 Å². The van der Waals surface area contributed by atoms with E-state index in [0.29, 0.717) is 25.9 Å². The minimum Gasteiger partial charge on any atom is -0.354 e. The zero-order valence-electron chi connectivity index (χ0n) is 13.0. The first kappa shape index (κ1) is 16.5. The van der Waals surface area contributed by atoms with Crippen molar-refractivity contribution in [1.29, 1.82) is 0 Å². The van der Waals surface area contributed by atoms with Crippen LogP contribution in [0.15, 0.2) is 12.5 Å². The molecule has 7 heteroatoms. The number of rotatable bonds is 7. The fourth-order valence-electron chi connectivity index (χ4n) is 2.74. The first-order valence-electron chi connectivity index (χ1n) is 7.94. The molecule has 1 aliphatic rings. The molecule has 122 valence electrons. The van der Waals surface area contributed by atoms with Crippen LogP contribution in [0, 0.1) is 0 Å². The molecule has 1 aromatic heterocycles. The van der Waals surface area contributed by atoms with Crippen molar-refractivity contribution < 1.29 is 9.59 Å². The number of carbonyl (C=O) groups is 2. The zero-order chi connectivity index (χ0) is 15.9. The molecule has 22 heavy (non-hydrogen) atoms. The van der Waals surface area contributed by atoms with E-state index in [1.807, 2.05) is 0 Å². The first-order chi connectivity index (χ1) is 10.6. The molecular weight excluding hydrogens is 282 g/mol. The van der Waals surface area contributed by atoms with Crippen LogP contribution in [0.2, 0.25) is 0 Å². The lowest BCUT2D eigenvalue weighted by Gasteiger charge is -2.26. The highest BCUT2D eigenvalue weighted by Gasteiger charge is 2.35. The number of nitrogens with two attached hydrogens (primary N) is 1. The van der Waals surface area contributed by atoms with Crippen molar-refractivity contribution in [3.63, 3.8) is 0 Å². The Labute approximate surface area is 130 Å². The minimum atomic E-state index is -0.649. The van der Waals surface area contributed by atoms with Crippen LogP contribution in [-0.2, 0) is 16.0 Å². The van der Waals surface area contributed by atoms with Crippen molar-refractivity contribution >= 4 is 11.8 Å². The number of nitrogens with zero attached hydrogens (tertiary/aromatic N) is 2. The van der Waals surface area contributed by atoms with Gasteiger partial charge in [0.2, 0.25) is 11.8 Å². The second-order valence-corrected chi connectivity index (χ2v) is 5.72. The Hall–Kier alpha value is -1.89. The molecule has 1 aromatic rings. The molecule has 0 bridgehead atoms. The van der Waals surface area contributed by atoms with Crippen molar-refractivity contribution in [3.8, 4) is 0 Å². The number of aromatic amines is 1. The number of likely N-dealkylation sites (tertiary alicyclic amines) is 1. The van der Waals surface area contributed by atoms with E-state index in [1.54, 1.807) is 17.4 Å². The lowest BCUT2D eigenvalue weighted by Crippen LogP contribution is -2.51. The fourth-order valence-corrected chi connectivity index (χ4v) is 2.74. The molecular formula is C15H25N5O2. The molecule has 2 amide bonds. The number of nitrogens with one attached hydrogen (secondary N) is 2. The minimum absolute atomic E-state index is 0.0620. The second kappa shape index (κ2) is 7.93. The maximum absolute atomic E-state index is 12.5. The van der Waals surface area contributed by atoms with Crippen LogP contribution in [0.5, 0.6) is 0 Å². The number of carbonyl (C=O) groups excluding carboxylic acids is 2. The Morgan fingerprint density at radius 1 is 1.59 bits per heavy atom. The van der Waals surface area contributed by atoms with Crippen LogP contribution in [0.3, 0.4) is 0 Å². The van der Waals surface area contributed by atoms with Crippen LogP contribution in [0.4, 0.5) is 0 Å². The lowest BCUT2D eigenvalue weighted by atomic mass is 10.1. The Morgan fingerprint density at radius 3 is 3.09 bits per heavy atom. The molecule has 0 radical (unpaired) electrons. The van der Waals surface area contributed by atoms with Gasteiger partial charge in [0.25, 0.3) is 0 Å². The smallest absolute Gasteiger partial charge is 0.242 e. The number of hydrogen-bond acceptors (Lipinski definition) is 4. The molecule has 1 saturated heterocycles. The number of hydrogen-bond donors (Lipinski definition) is 3. The average molecular weight is 307 g/mol. The van der Waals surface area contributed by atoms with E-state index in [4.69, 9.17) is 5.73 Å². The SMILES string of the molecule is CCCCNC(=O)[C@@H]1CCCN1C(=O)[C@@H](N)Cc1cnc[nH]1. The molecule has 0 unspecified atom stereocenters. The fraction of sp³-hybridized carbons (Fsp3) is 0.667. The predicted molar refractivity (Wildman–Crippen MR) is 82.9 cm³/mol. The topological polar surface area (TPSA) is 104 Å². The number of aromatic nitrogens is 2. The standard InChI is InChI=1S/C15H25N5O2/c1-2-3-6-18-14(21)13-5-4-7-20(13)15(22)12(16)8-11-9-17-10-19-11/h9-10,12-13H,2-8,16H2,1H3,(H,17,19)(H,18,21)/t12-,13-/m0/s1. The summed E-state index contributed by atoms with van der Waals surface area (Å²) >= 11 is 0. The Balaban J connectivity index is 1.91. The van der Waals surface area contributed by atoms with Crippen LogP contribution in [0.1, 0.15) is 38.3 Å². The third kappa shape index (κ3) is 4.07. The predicted octanol–water partition coefficient (Wildman–Crippen LogP) is 0.187. The summed E-state index contributed by atoms with van der Waals surface area (Å²) in [6.45, 7) is 3.33. The van der Waals surface area contributed by atoms with E-state index in [-0.39, 0.29) is 17.9 Å². The number of H-pyrrole nitrogens is 1. The van der Waals surface area contributed by atoms with E-state index < -0.39 is 6.04 Å². The molecule has 0 spiro atoms. The van der Waals surface area contributed by atoms with E-state index in [1.165, 1.54) is 0 Å². The highest BCUT2D eigenvalue weighted by molar-refractivity contribution is 5.90. The Morgan fingerprint density at radius 2 is 2.41 bits per heavy atom. The summed E-state index contributed by atoms with van der Waals surface area (Å²) in [6, 6.07) is -1.03. The normalized spacial score (nSPS) is 19.2. The van der Waals surface area contributed by atoms with Crippen LogP contribution >= 0.6 is 0 Å². The summed E-state index contributed by atoms with van der Waals surface area (Å²) in [7, 11) is 0. The Kier molecular flexibility index (Phi) is 5.94. The molecule has 4 N–H and O–H groups in total. The molecule has 2 atom stereocenters. The van der Waals surface area contributed by atoms with Gasteiger partial charge >= 0.3 is 0 Å². The van der Waals surface area contributed by atoms with Crippen LogP contribution in [0.25, 0.3) is 0 Å². The van der Waals surface area contributed by atoms with Crippen molar-refractivity contribution in [2.45, 2.75) is 51.1 Å². The summed E-state index contributed by atoms with van der Waals surface area (Å²) in [5.74, 6) is -0.226. The van der Waals surface area contributed by atoms with E-state index in [9.17, 15) is 9.59 Å². The van der Waals surface area contributed by atoms with Gasteiger partial charge in [-0.3, -0.25) is 9.59 Å². The number of unbranched alkanes of at least 4 members (excludes halogenated alkanes) is 1. The average Bonchev–Trinajstić information content (AvgIpc) is 3.17. The quantitative estimate of drug-likeness (QED) is 0.625. The highest BCUT2D eigenvalue weighted by atomic mass is 16.2. The molecule has 2 rings (SSSR count). The number of amides is 2. The summed E-state index contributed by atoms with van der Waals surface area (Å²) < 4.78 is 0. The van der Waals surface area contributed by atoms with Gasteiger partial charge in [-0.1, -0.05) is 13.3 Å². The van der Waals surface area contributed by atoms with Crippen molar-refractivity contribution in [3.05, 3.63) is 18.2 Å². The molecule has 7 nitrogen and oxygen atoms in total. The van der Waals surface area contributed by atoms with Crippen molar-refractivity contribution in [2.75, 3.05) is 13.1 Å². The van der Waals surface area contributed by atoms with E-state index in [2.05, 4.69) is 22.2 Å². The number of imidazole rings is 1. The third-order valence-corrected chi connectivity index (χ3v) is 3.98. The van der Waals surface area contributed by atoms with E-state index in [0.717, 1.165) is 25.0 Å². The van der Waals surface area contributed by atoms with Gasteiger partial charge in [-0.25, -0.2) is 4.98 Å². The van der Waals surface area contributed by atoms with Gasteiger partial charge in [-0.05, 0) is 19.3 Å². The molecule has 0 aromatic carbocycles. The summed E-state index contributed by atoms with van der Waals surface area (Å²) in [4.78, 5) is 33.2. The van der Waals surface area contributed by atoms with Gasteiger partial charge in [0, 0.05) is 31.4 Å². The molecule has 1 aliphatic heterocycles. The summed E-state index contributed by atoms with van der Waals surface area (Å²) in [6.07, 6.45) is 7.15. The van der Waals surface area contributed by atoms with Crippen molar-refractivity contribution in [1.82, 2.24) is 20.2 Å². The maximum Gasteiger partial charge on any atom is 0.242 e. The monoisotopic (exact) mass is 307 g/mol. The molecule has 0 saturated carbocycles. The third-order valence-electron chi connectivity index (χ3n) is 3.98. The van der Waals surface area contributed by atoms with Gasteiger partial charge in [-0.15, -0.1) is 0 Å². The first-order valence-corrected chi connectivity index (χ1v) is 7.94. The zero-order valence-corrected chi connectivity index (χ0v) is 13.0. The lowest BCUT2D eigenvalue weighted by molar-refractivity contribution is -0.139. The maximum atomic E-state index is 12.5. The Bertz CT molecular complexity index is 488. The van der Waals surface area contributed by atoms with Gasteiger partial charge in [0.15, 0.2) is 0 Å². The van der Waals surface area contributed by atoms with Gasteiger partial charge in [-0.2, -0.15) is 0 Å². The summed E-state index contributed by atoms with van der Waals surface area (Å²) in [5, 5.41) is 2.91. The highest BCUT2D eigenvalue weighted by Crippen LogP contribution is 2.19. The van der Waals surface area contributed by atoms with E-state index >= 15 is 0 Å². The molecule has 2 heterocycles. The van der Waals surface area contributed by atoms with Gasteiger partial charge < -0.3 is 20.9 Å². The van der Waals surface area contributed by atoms with Crippen LogP contribution < -0.4 is 11.1 Å². The molecule has 1 fully saturated rings. The van der Waals surface area contributed by atoms with Crippen LogP contribution in [-0.4, -0.2) is 51.9 Å².